The van der Waals surface area contributed by atoms with Gasteiger partial charge in [0.2, 0.25) is 5.91 Å². The van der Waals surface area contributed by atoms with E-state index in [2.05, 4.69) is 15.6 Å². The van der Waals surface area contributed by atoms with Crippen molar-refractivity contribution < 1.29 is 9.90 Å². The lowest BCUT2D eigenvalue weighted by molar-refractivity contribution is -0.121. The summed E-state index contributed by atoms with van der Waals surface area (Å²) in [6.07, 6.45) is 0.694. The van der Waals surface area contributed by atoms with Gasteiger partial charge in [-0.2, -0.15) is 0 Å². The first-order valence-electron chi connectivity index (χ1n) is 4.45. The van der Waals surface area contributed by atoms with Gasteiger partial charge in [0.15, 0.2) is 0 Å². The van der Waals surface area contributed by atoms with Crippen LogP contribution < -0.4 is 5.32 Å². The maximum absolute atomic E-state index is 11.1. The third kappa shape index (κ3) is 2.08. The number of amides is 1. The van der Waals surface area contributed by atoms with Crippen LogP contribution in [0.3, 0.4) is 0 Å². The molecule has 0 aliphatic heterocycles. The average molecular weight is 198 g/mol. The Balaban J connectivity index is 2.86. The number of aliphatic hydroxyl groups excluding tert-OH is 1. The van der Waals surface area contributed by atoms with Crippen molar-refractivity contribution in [1.82, 2.24) is 20.3 Å². The minimum atomic E-state index is -0.142. The molecule has 14 heavy (non-hydrogen) atoms. The lowest BCUT2D eigenvalue weighted by atomic mass is 10.2. The van der Waals surface area contributed by atoms with Gasteiger partial charge < -0.3 is 10.4 Å². The second-order valence-corrected chi connectivity index (χ2v) is 2.83. The molecule has 1 heterocycles. The monoisotopic (exact) mass is 198 g/mol. The average Bonchev–Trinajstić information content (AvgIpc) is 2.59. The van der Waals surface area contributed by atoms with E-state index in [4.69, 9.17) is 5.11 Å². The van der Waals surface area contributed by atoms with Crippen LogP contribution in [0.2, 0.25) is 0 Å². The summed E-state index contributed by atoms with van der Waals surface area (Å²) in [7, 11) is 1.57. The summed E-state index contributed by atoms with van der Waals surface area (Å²) in [6.45, 7) is 1.93. The van der Waals surface area contributed by atoms with Crippen molar-refractivity contribution in [2.75, 3.05) is 7.05 Å². The van der Waals surface area contributed by atoms with Gasteiger partial charge in [0.1, 0.15) is 12.2 Å². The molecule has 0 aliphatic carbocycles. The molecule has 6 heteroatoms. The zero-order valence-corrected chi connectivity index (χ0v) is 8.32. The fraction of sp³-hybridized carbons (Fsp3) is 0.625. The Labute approximate surface area is 81.9 Å². The first-order valence-corrected chi connectivity index (χ1v) is 4.45. The van der Waals surface area contributed by atoms with Gasteiger partial charge in [0.25, 0.3) is 0 Å². The molecular formula is C8H14N4O2. The maximum atomic E-state index is 11.1. The van der Waals surface area contributed by atoms with Gasteiger partial charge in [-0.1, -0.05) is 12.1 Å². The molecule has 0 bridgehead atoms. The molecule has 0 fully saturated rings. The van der Waals surface area contributed by atoms with Gasteiger partial charge in [-0.3, -0.25) is 4.79 Å². The van der Waals surface area contributed by atoms with Gasteiger partial charge in [-0.15, -0.1) is 5.10 Å². The molecule has 0 saturated carbocycles. The van der Waals surface area contributed by atoms with Crippen molar-refractivity contribution in [1.29, 1.82) is 0 Å². The molecular weight excluding hydrogens is 184 g/mol. The van der Waals surface area contributed by atoms with Crippen LogP contribution in [-0.4, -0.2) is 33.1 Å². The number of aliphatic hydroxyl groups is 1. The molecule has 0 unspecified atom stereocenters. The third-order valence-electron chi connectivity index (χ3n) is 1.97. The number of nitrogens with one attached hydrogen (secondary N) is 1. The molecule has 0 atom stereocenters. The van der Waals surface area contributed by atoms with Crippen LogP contribution in [-0.2, 0) is 24.4 Å². The van der Waals surface area contributed by atoms with Crippen LogP contribution in [0.25, 0.3) is 0 Å². The van der Waals surface area contributed by atoms with E-state index in [1.54, 1.807) is 7.05 Å². The third-order valence-corrected chi connectivity index (χ3v) is 1.97. The maximum Gasteiger partial charge on any atom is 0.241 e. The fourth-order valence-corrected chi connectivity index (χ4v) is 1.22. The van der Waals surface area contributed by atoms with Crippen LogP contribution in [0, 0.1) is 0 Å². The lowest BCUT2D eigenvalue weighted by Gasteiger charge is -2.03. The first kappa shape index (κ1) is 10.6. The number of aromatic nitrogens is 3. The van der Waals surface area contributed by atoms with Gasteiger partial charge in [-0.05, 0) is 6.42 Å². The SMILES string of the molecule is CCc1c(CO)nnn1CC(=O)NC. The Morgan fingerprint density at radius 1 is 1.64 bits per heavy atom. The molecule has 6 nitrogen and oxygen atoms in total. The normalized spacial score (nSPS) is 10.2. The molecule has 0 aromatic carbocycles. The van der Waals surface area contributed by atoms with E-state index >= 15 is 0 Å². The van der Waals surface area contributed by atoms with Gasteiger partial charge >= 0.3 is 0 Å². The van der Waals surface area contributed by atoms with Crippen molar-refractivity contribution in [3.63, 3.8) is 0 Å². The van der Waals surface area contributed by atoms with Gasteiger partial charge in [0, 0.05) is 7.05 Å². The first-order chi connectivity index (χ1) is 6.72. The molecule has 78 valence electrons. The topological polar surface area (TPSA) is 80.0 Å². The highest BCUT2D eigenvalue weighted by atomic mass is 16.3. The fourth-order valence-electron chi connectivity index (χ4n) is 1.22. The minimum Gasteiger partial charge on any atom is -0.390 e. The minimum absolute atomic E-state index is 0.130. The smallest absolute Gasteiger partial charge is 0.241 e. The Morgan fingerprint density at radius 2 is 2.36 bits per heavy atom. The summed E-state index contributed by atoms with van der Waals surface area (Å²) in [5.41, 5.74) is 1.34. The zero-order valence-electron chi connectivity index (χ0n) is 8.32. The van der Waals surface area contributed by atoms with Gasteiger partial charge in [-0.25, -0.2) is 4.68 Å². The summed E-state index contributed by atoms with van der Waals surface area (Å²) in [5.74, 6) is -0.130. The Hall–Kier alpha value is -1.43. The molecule has 1 rings (SSSR count). The highest BCUT2D eigenvalue weighted by Crippen LogP contribution is 2.05. The van der Waals surface area contributed by atoms with Gasteiger partial charge in [0.05, 0.1) is 12.3 Å². The Kier molecular flexibility index (Phi) is 3.58. The van der Waals surface area contributed by atoms with Crippen molar-refractivity contribution >= 4 is 5.91 Å². The number of carbonyl (C=O) groups excluding carboxylic acids is 1. The number of rotatable bonds is 4. The summed E-state index contributed by atoms with van der Waals surface area (Å²) in [4.78, 5) is 11.1. The summed E-state index contributed by atoms with van der Waals surface area (Å²) >= 11 is 0. The standard InChI is InChI=1S/C8H14N4O2/c1-3-7-6(5-13)10-11-12(7)4-8(14)9-2/h13H,3-5H2,1-2H3,(H,9,14). The summed E-state index contributed by atoms with van der Waals surface area (Å²) in [5, 5.41) is 19.0. The second kappa shape index (κ2) is 4.71. The Bertz CT molecular complexity index is 321. The van der Waals surface area contributed by atoms with E-state index in [0.717, 1.165) is 5.69 Å². The molecule has 1 aromatic heterocycles. The summed E-state index contributed by atoms with van der Waals surface area (Å²) < 4.78 is 1.50. The van der Waals surface area contributed by atoms with Crippen molar-refractivity contribution in [3.05, 3.63) is 11.4 Å². The quantitative estimate of drug-likeness (QED) is 0.655. The van der Waals surface area contributed by atoms with E-state index in [0.29, 0.717) is 12.1 Å². The van der Waals surface area contributed by atoms with Crippen LogP contribution in [0.15, 0.2) is 0 Å². The zero-order chi connectivity index (χ0) is 10.6. The van der Waals surface area contributed by atoms with E-state index in [1.807, 2.05) is 6.92 Å². The van der Waals surface area contributed by atoms with E-state index in [-0.39, 0.29) is 19.1 Å². The van der Waals surface area contributed by atoms with Crippen molar-refractivity contribution in [2.45, 2.75) is 26.5 Å². The summed E-state index contributed by atoms with van der Waals surface area (Å²) in [6, 6.07) is 0. The Morgan fingerprint density at radius 3 is 2.86 bits per heavy atom. The molecule has 2 N–H and O–H groups in total. The second-order valence-electron chi connectivity index (χ2n) is 2.83. The predicted molar refractivity (Wildman–Crippen MR) is 49.4 cm³/mol. The molecule has 0 spiro atoms. The van der Waals surface area contributed by atoms with Crippen LogP contribution in [0.5, 0.6) is 0 Å². The highest BCUT2D eigenvalue weighted by Gasteiger charge is 2.11. The predicted octanol–water partition coefficient (Wildman–Crippen LogP) is -0.921. The van der Waals surface area contributed by atoms with Crippen LogP contribution in [0.1, 0.15) is 18.3 Å². The molecule has 1 aromatic rings. The molecule has 1 amide bonds. The van der Waals surface area contributed by atoms with Crippen molar-refractivity contribution in [2.24, 2.45) is 0 Å². The largest absolute Gasteiger partial charge is 0.390 e. The number of likely N-dealkylation sites (N-methyl/N-ethyl adjacent to an activating group) is 1. The van der Waals surface area contributed by atoms with E-state index in [9.17, 15) is 4.79 Å². The van der Waals surface area contributed by atoms with E-state index in [1.165, 1.54) is 4.68 Å². The number of hydrogen-bond donors (Lipinski definition) is 2. The molecule has 0 aliphatic rings. The lowest BCUT2D eigenvalue weighted by Crippen LogP contribution is -2.25. The number of nitrogens with zero attached hydrogens (tertiary/aromatic N) is 3. The highest BCUT2D eigenvalue weighted by molar-refractivity contribution is 5.75. The number of carbonyl (C=O) groups is 1. The van der Waals surface area contributed by atoms with Crippen LogP contribution in [0.4, 0.5) is 0 Å². The van der Waals surface area contributed by atoms with E-state index < -0.39 is 0 Å². The van der Waals surface area contributed by atoms with Crippen LogP contribution >= 0.6 is 0 Å². The number of hydrogen-bond acceptors (Lipinski definition) is 4. The molecule has 0 saturated heterocycles. The van der Waals surface area contributed by atoms with Crippen molar-refractivity contribution in [3.8, 4) is 0 Å². The molecule has 0 radical (unpaired) electrons.